The molecule has 3 N–H and O–H groups in total. The Balaban J connectivity index is 2.09. The number of hydrogen-bond donors (Lipinski definition) is 3. The first-order chi connectivity index (χ1) is 11.8. The normalized spacial score (nSPS) is 17.6. The summed E-state index contributed by atoms with van der Waals surface area (Å²) in [5, 5.41) is 21.8. The molecule has 0 amide bonds. The Morgan fingerprint density at radius 3 is 2.68 bits per heavy atom. The van der Waals surface area contributed by atoms with Crippen molar-refractivity contribution < 1.29 is 28.1 Å². The van der Waals surface area contributed by atoms with E-state index < -0.39 is 18.0 Å². The van der Waals surface area contributed by atoms with Gasteiger partial charge in [0.05, 0.1) is 36.1 Å². The molecule has 1 aliphatic heterocycles. The zero-order valence-corrected chi connectivity index (χ0v) is 13.9. The number of nitrogens with one attached hydrogen (secondary N) is 1. The summed E-state index contributed by atoms with van der Waals surface area (Å²) in [5.74, 6) is 0. The van der Waals surface area contributed by atoms with Gasteiger partial charge in [0.15, 0.2) is 0 Å². The van der Waals surface area contributed by atoms with Gasteiger partial charge in [-0.05, 0) is 30.4 Å². The predicted octanol–water partition coefficient (Wildman–Crippen LogP) is 2.90. The van der Waals surface area contributed by atoms with Gasteiger partial charge in [0.1, 0.15) is 6.23 Å². The predicted molar refractivity (Wildman–Crippen MR) is 89.6 cm³/mol. The molecular formula is C16H18ClF3N2O3. The molecule has 0 spiro atoms. The van der Waals surface area contributed by atoms with Crippen LogP contribution in [-0.2, 0) is 4.74 Å². The van der Waals surface area contributed by atoms with Gasteiger partial charge >= 0.3 is 6.18 Å². The molecule has 25 heavy (non-hydrogen) atoms. The first-order valence-corrected chi connectivity index (χ1v) is 7.86. The van der Waals surface area contributed by atoms with Crippen LogP contribution in [0.1, 0.15) is 0 Å². The fourth-order valence-electron chi connectivity index (χ4n) is 2.19. The Kier molecular flexibility index (Phi) is 6.71. The third kappa shape index (κ3) is 5.37. The lowest BCUT2D eigenvalue weighted by Gasteiger charge is -2.29. The molecule has 9 heteroatoms. The van der Waals surface area contributed by atoms with Crippen LogP contribution in [0.4, 0.5) is 24.5 Å². The SMILES string of the molecule is OCCOCCNc1ccc(N2C=C(C(F)(F)F)C=CC2O)c(Cl)c1. The molecule has 1 aromatic rings. The van der Waals surface area contributed by atoms with E-state index in [1.54, 1.807) is 12.1 Å². The van der Waals surface area contributed by atoms with E-state index >= 15 is 0 Å². The van der Waals surface area contributed by atoms with E-state index in [-0.39, 0.29) is 23.9 Å². The van der Waals surface area contributed by atoms with Crippen LogP contribution < -0.4 is 10.2 Å². The van der Waals surface area contributed by atoms with Gasteiger partial charge in [-0.1, -0.05) is 11.6 Å². The third-order valence-electron chi connectivity index (χ3n) is 3.38. The van der Waals surface area contributed by atoms with Crippen LogP contribution in [0.5, 0.6) is 0 Å². The van der Waals surface area contributed by atoms with E-state index in [9.17, 15) is 18.3 Å². The smallest absolute Gasteiger partial charge is 0.394 e. The van der Waals surface area contributed by atoms with E-state index in [0.717, 1.165) is 23.3 Å². The molecule has 0 bridgehead atoms. The van der Waals surface area contributed by atoms with Crippen LogP contribution in [0.2, 0.25) is 5.02 Å². The lowest BCUT2D eigenvalue weighted by Crippen LogP contribution is -2.33. The van der Waals surface area contributed by atoms with Gasteiger partial charge < -0.3 is 25.2 Å². The summed E-state index contributed by atoms with van der Waals surface area (Å²) in [6.45, 7) is 1.05. The second-order valence-electron chi connectivity index (χ2n) is 5.19. The van der Waals surface area contributed by atoms with Gasteiger partial charge in [0.25, 0.3) is 0 Å². The van der Waals surface area contributed by atoms with Gasteiger partial charge in [-0.2, -0.15) is 13.2 Å². The zero-order chi connectivity index (χ0) is 18.4. The van der Waals surface area contributed by atoms with Crippen LogP contribution in [0.3, 0.4) is 0 Å². The summed E-state index contributed by atoms with van der Waals surface area (Å²) in [5.41, 5.74) is 0.0304. The first-order valence-electron chi connectivity index (χ1n) is 7.48. The van der Waals surface area contributed by atoms with E-state index in [1.165, 1.54) is 6.07 Å². The number of benzene rings is 1. The van der Waals surface area contributed by atoms with Crippen molar-refractivity contribution in [2.45, 2.75) is 12.4 Å². The molecule has 0 fully saturated rings. The average molecular weight is 379 g/mol. The Morgan fingerprint density at radius 2 is 2.04 bits per heavy atom. The minimum Gasteiger partial charge on any atom is -0.394 e. The highest BCUT2D eigenvalue weighted by Gasteiger charge is 2.35. The Labute approximate surface area is 148 Å². The highest BCUT2D eigenvalue weighted by atomic mass is 35.5. The number of halogens is 4. The molecule has 1 atom stereocenters. The number of aliphatic hydroxyl groups excluding tert-OH is 2. The van der Waals surface area contributed by atoms with Crippen molar-refractivity contribution in [2.24, 2.45) is 0 Å². The number of anilines is 2. The Hall–Kier alpha value is -1.74. The number of alkyl halides is 3. The zero-order valence-electron chi connectivity index (χ0n) is 13.1. The van der Waals surface area contributed by atoms with Crippen molar-refractivity contribution in [1.29, 1.82) is 0 Å². The van der Waals surface area contributed by atoms with Crippen LogP contribution in [0, 0.1) is 0 Å². The minimum atomic E-state index is -4.52. The molecule has 2 rings (SSSR count). The molecular weight excluding hydrogens is 361 g/mol. The number of allylic oxidation sites excluding steroid dienone is 2. The van der Waals surface area contributed by atoms with Crippen LogP contribution >= 0.6 is 11.6 Å². The van der Waals surface area contributed by atoms with E-state index in [4.69, 9.17) is 21.4 Å². The monoisotopic (exact) mass is 378 g/mol. The maximum absolute atomic E-state index is 12.9. The largest absolute Gasteiger partial charge is 0.417 e. The summed E-state index contributed by atoms with van der Waals surface area (Å²) in [6, 6.07) is 4.71. The molecule has 0 aliphatic carbocycles. The molecule has 0 saturated carbocycles. The lowest BCUT2D eigenvalue weighted by molar-refractivity contribution is -0.0888. The molecule has 0 saturated heterocycles. The van der Waals surface area contributed by atoms with Crippen molar-refractivity contribution in [3.8, 4) is 0 Å². The standard InChI is InChI=1S/C16H18ClF3N2O3/c17-13-9-12(21-5-7-25-8-6-23)2-3-14(13)22-10-11(16(18,19)20)1-4-15(22)24/h1-4,9-10,15,21,23-24H,5-8H2. The number of hydrogen-bond acceptors (Lipinski definition) is 5. The second-order valence-corrected chi connectivity index (χ2v) is 5.60. The summed E-state index contributed by atoms with van der Waals surface area (Å²) in [6.07, 6.45) is -3.06. The molecule has 1 unspecified atom stereocenters. The summed E-state index contributed by atoms with van der Waals surface area (Å²) in [7, 11) is 0. The van der Waals surface area contributed by atoms with Gasteiger partial charge in [-0.25, -0.2) is 0 Å². The van der Waals surface area contributed by atoms with Crippen molar-refractivity contribution in [3.05, 3.63) is 47.1 Å². The topological polar surface area (TPSA) is 65.0 Å². The summed E-state index contributed by atoms with van der Waals surface area (Å²) < 4.78 is 43.7. The lowest BCUT2D eigenvalue weighted by atomic mass is 10.1. The number of nitrogens with zero attached hydrogens (tertiary/aromatic N) is 1. The summed E-state index contributed by atoms with van der Waals surface area (Å²) >= 11 is 6.16. The van der Waals surface area contributed by atoms with Crippen molar-refractivity contribution >= 4 is 23.0 Å². The molecule has 5 nitrogen and oxygen atoms in total. The molecule has 1 heterocycles. The van der Waals surface area contributed by atoms with Gasteiger partial charge in [0.2, 0.25) is 0 Å². The van der Waals surface area contributed by atoms with E-state index in [0.29, 0.717) is 18.8 Å². The fourth-order valence-corrected chi connectivity index (χ4v) is 2.47. The average Bonchev–Trinajstić information content (AvgIpc) is 2.54. The van der Waals surface area contributed by atoms with Gasteiger partial charge in [-0.3, -0.25) is 0 Å². The molecule has 1 aromatic carbocycles. The molecule has 1 aliphatic rings. The molecule has 0 aromatic heterocycles. The van der Waals surface area contributed by atoms with Crippen LogP contribution in [-0.4, -0.2) is 49.0 Å². The quantitative estimate of drug-likeness (QED) is 0.637. The maximum Gasteiger partial charge on any atom is 0.417 e. The second kappa shape index (κ2) is 8.57. The number of ether oxygens (including phenoxy) is 1. The maximum atomic E-state index is 12.9. The van der Waals surface area contributed by atoms with Gasteiger partial charge in [0, 0.05) is 18.4 Å². The number of rotatable bonds is 7. The third-order valence-corrected chi connectivity index (χ3v) is 3.68. The molecule has 0 radical (unpaired) electrons. The van der Waals surface area contributed by atoms with Crippen molar-refractivity contribution in [1.82, 2.24) is 0 Å². The first kappa shape index (κ1) is 19.6. The highest BCUT2D eigenvalue weighted by Crippen LogP contribution is 2.35. The minimum absolute atomic E-state index is 0.0550. The van der Waals surface area contributed by atoms with Gasteiger partial charge in [-0.15, -0.1) is 0 Å². The van der Waals surface area contributed by atoms with E-state index in [2.05, 4.69) is 5.32 Å². The Morgan fingerprint density at radius 1 is 1.28 bits per heavy atom. The number of aliphatic hydroxyl groups is 2. The fraction of sp³-hybridized carbons (Fsp3) is 0.375. The molecule has 138 valence electrons. The van der Waals surface area contributed by atoms with E-state index in [1.807, 2.05) is 0 Å². The van der Waals surface area contributed by atoms with Crippen LogP contribution in [0.15, 0.2) is 42.1 Å². The Bertz CT molecular complexity index is 650. The van der Waals surface area contributed by atoms with Crippen LogP contribution in [0.25, 0.3) is 0 Å². The van der Waals surface area contributed by atoms with Crippen molar-refractivity contribution in [3.63, 3.8) is 0 Å². The summed E-state index contributed by atoms with van der Waals surface area (Å²) in [4.78, 5) is 1.05. The highest BCUT2D eigenvalue weighted by molar-refractivity contribution is 6.33. The van der Waals surface area contributed by atoms with Crippen molar-refractivity contribution in [2.75, 3.05) is 36.6 Å².